The zero-order valence-corrected chi connectivity index (χ0v) is 17.7. The molecule has 0 radical (unpaired) electrons. The van der Waals surface area contributed by atoms with Gasteiger partial charge in [0, 0.05) is 12.1 Å². The first-order valence-corrected chi connectivity index (χ1v) is 10.0. The molecule has 30 heavy (non-hydrogen) atoms. The van der Waals surface area contributed by atoms with E-state index in [2.05, 4.69) is 4.90 Å². The summed E-state index contributed by atoms with van der Waals surface area (Å²) >= 11 is 0. The minimum absolute atomic E-state index is 0.454. The van der Waals surface area contributed by atoms with Gasteiger partial charge in [-0.3, -0.25) is 0 Å². The third-order valence-corrected chi connectivity index (χ3v) is 4.80. The fourth-order valence-electron chi connectivity index (χ4n) is 3.38. The van der Waals surface area contributed by atoms with Gasteiger partial charge < -0.3 is 19.8 Å². The van der Waals surface area contributed by atoms with Crippen molar-refractivity contribution < 1.29 is 14.9 Å². The third kappa shape index (κ3) is 5.57. The molecule has 4 heteroatoms. The van der Waals surface area contributed by atoms with Crippen molar-refractivity contribution in [2.75, 3.05) is 27.2 Å². The van der Waals surface area contributed by atoms with Crippen LogP contribution in [0, 0.1) is 0 Å². The van der Waals surface area contributed by atoms with E-state index < -0.39 is 5.79 Å². The maximum Gasteiger partial charge on any atom is 0.188 e. The molecule has 0 spiro atoms. The summed E-state index contributed by atoms with van der Waals surface area (Å²) in [5.74, 6) is -1.24. The molecule has 156 valence electrons. The molecule has 4 nitrogen and oxygen atoms in total. The maximum atomic E-state index is 10.7. The largest absolute Gasteiger partial charge is 0.492 e. The molecule has 0 atom stereocenters. The number of nitrogens with zero attached hydrogens (tertiary/aromatic N) is 1. The average Bonchev–Trinajstić information content (AvgIpc) is 2.73. The molecule has 0 aliphatic rings. The molecule has 3 aromatic rings. The van der Waals surface area contributed by atoms with Crippen molar-refractivity contribution >= 4 is 11.1 Å². The Hall–Kier alpha value is -2.92. The van der Waals surface area contributed by atoms with Gasteiger partial charge in [-0.05, 0) is 55.4 Å². The van der Waals surface area contributed by atoms with Crippen LogP contribution in [0.1, 0.15) is 23.6 Å². The molecule has 0 saturated heterocycles. The number of aliphatic hydroxyl groups is 2. The van der Waals surface area contributed by atoms with Crippen LogP contribution in [0.3, 0.4) is 0 Å². The van der Waals surface area contributed by atoms with Crippen molar-refractivity contribution in [2.24, 2.45) is 0 Å². The SMILES string of the molecule is CN(C)CCOc1ccc(/C(=C(/c2ccccc2)C(C)(O)O)c2ccccc2)cc1. The van der Waals surface area contributed by atoms with E-state index in [1.165, 1.54) is 6.92 Å². The van der Waals surface area contributed by atoms with Crippen molar-refractivity contribution in [1.29, 1.82) is 0 Å². The molecule has 0 saturated carbocycles. The summed E-state index contributed by atoms with van der Waals surface area (Å²) in [6, 6.07) is 27.0. The lowest BCUT2D eigenvalue weighted by atomic mass is 9.85. The van der Waals surface area contributed by atoms with Crippen LogP contribution in [0.25, 0.3) is 11.1 Å². The van der Waals surface area contributed by atoms with E-state index in [9.17, 15) is 10.2 Å². The second-order valence-electron chi connectivity index (χ2n) is 7.68. The van der Waals surface area contributed by atoms with Crippen molar-refractivity contribution in [3.63, 3.8) is 0 Å². The van der Waals surface area contributed by atoms with Crippen LogP contribution in [0.5, 0.6) is 5.75 Å². The lowest BCUT2D eigenvalue weighted by Gasteiger charge is -2.26. The Bertz CT molecular complexity index is 957. The number of benzene rings is 3. The van der Waals surface area contributed by atoms with Gasteiger partial charge in [-0.25, -0.2) is 0 Å². The molecule has 0 aliphatic heterocycles. The van der Waals surface area contributed by atoms with E-state index in [0.29, 0.717) is 12.2 Å². The zero-order valence-electron chi connectivity index (χ0n) is 17.7. The molecule has 0 aliphatic carbocycles. The van der Waals surface area contributed by atoms with Crippen LogP contribution in [0.2, 0.25) is 0 Å². The summed E-state index contributed by atoms with van der Waals surface area (Å²) in [5.41, 5.74) is 3.78. The Morgan fingerprint density at radius 1 is 0.767 bits per heavy atom. The molecule has 3 rings (SSSR count). The first-order chi connectivity index (χ1) is 14.4. The monoisotopic (exact) mass is 403 g/mol. The van der Waals surface area contributed by atoms with Gasteiger partial charge in [-0.2, -0.15) is 0 Å². The first-order valence-electron chi connectivity index (χ1n) is 10.0. The minimum atomic E-state index is -2.02. The predicted octanol–water partition coefficient (Wildman–Crippen LogP) is 4.29. The van der Waals surface area contributed by atoms with Crippen molar-refractivity contribution in [2.45, 2.75) is 12.7 Å². The Morgan fingerprint density at radius 2 is 1.27 bits per heavy atom. The van der Waals surface area contributed by atoms with Crippen LogP contribution in [0.15, 0.2) is 84.9 Å². The summed E-state index contributed by atoms with van der Waals surface area (Å²) in [7, 11) is 4.02. The summed E-state index contributed by atoms with van der Waals surface area (Å²) in [5, 5.41) is 21.4. The van der Waals surface area contributed by atoms with E-state index in [0.717, 1.165) is 34.6 Å². The van der Waals surface area contributed by atoms with Gasteiger partial charge in [0.05, 0.1) is 0 Å². The number of rotatable bonds is 8. The highest BCUT2D eigenvalue weighted by Gasteiger charge is 2.28. The van der Waals surface area contributed by atoms with Crippen LogP contribution in [0.4, 0.5) is 0 Å². The molecule has 2 N–H and O–H groups in total. The maximum absolute atomic E-state index is 10.7. The fourth-order valence-corrected chi connectivity index (χ4v) is 3.38. The highest BCUT2D eigenvalue weighted by atomic mass is 16.5. The minimum Gasteiger partial charge on any atom is -0.492 e. The molecule has 0 bridgehead atoms. The van der Waals surface area contributed by atoms with E-state index >= 15 is 0 Å². The Balaban J connectivity index is 2.11. The van der Waals surface area contributed by atoms with E-state index in [-0.39, 0.29) is 0 Å². The molecule has 0 unspecified atom stereocenters. The van der Waals surface area contributed by atoms with Gasteiger partial charge in [0.15, 0.2) is 5.79 Å². The highest BCUT2D eigenvalue weighted by molar-refractivity contribution is 6.00. The van der Waals surface area contributed by atoms with Gasteiger partial charge in [0.1, 0.15) is 12.4 Å². The normalized spacial score (nSPS) is 12.6. The van der Waals surface area contributed by atoms with E-state index in [1.807, 2.05) is 99.0 Å². The van der Waals surface area contributed by atoms with Crippen molar-refractivity contribution in [3.8, 4) is 5.75 Å². The number of hydrogen-bond donors (Lipinski definition) is 2. The number of likely N-dealkylation sites (N-methyl/N-ethyl adjacent to an activating group) is 1. The average molecular weight is 404 g/mol. The Kier molecular flexibility index (Phi) is 7.06. The summed E-state index contributed by atoms with van der Waals surface area (Å²) in [4.78, 5) is 2.07. The van der Waals surface area contributed by atoms with Crippen LogP contribution in [-0.4, -0.2) is 48.1 Å². The second-order valence-corrected chi connectivity index (χ2v) is 7.68. The summed E-state index contributed by atoms with van der Waals surface area (Å²) in [6.45, 7) is 2.84. The highest BCUT2D eigenvalue weighted by Crippen LogP contribution is 2.38. The van der Waals surface area contributed by atoms with Crippen LogP contribution >= 0.6 is 0 Å². The van der Waals surface area contributed by atoms with Gasteiger partial charge in [0.25, 0.3) is 0 Å². The first kappa shape index (κ1) is 21.8. The van der Waals surface area contributed by atoms with Gasteiger partial charge in [-0.15, -0.1) is 0 Å². The van der Waals surface area contributed by atoms with E-state index in [4.69, 9.17) is 4.74 Å². The zero-order chi connectivity index (χ0) is 21.6. The Morgan fingerprint density at radius 3 is 1.77 bits per heavy atom. The second kappa shape index (κ2) is 9.72. The number of ether oxygens (including phenoxy) is 1. The predicted molar refractivity (Wildman–Crippen MR) is 122 cm³/mol. The van der Waals surface area contributed by atoms with Crippen LogP contribution in [-0.2, 0) is 0 Å². The van der Waals surface area contributed by atoms with E-state index in [1.54, 1.807) is 0 Å². The molecule has 0 amide bonds. The molecular formula is C26H29NO3. The molecule has 3 aromatic carbocycles. The fraction of sp³-hybridized carbons (Fsp3) is 0.231. The van der Waals surface area contributed by atoms with Crippen molar-refractivity contribution in [1.82, 2.24) is 4.90 Å². The number of hydrogen-bond acceptors (Lipinski definition) is 4. The lowest BCUT2D eigenvalue weighted by Crippen LogP contribution is -2.26. The Labute approximate surface area is 178 Å². The topological polar surface area (TPSA) is 52.9 Å². The molecular weight excluding hydrogens is 374 g/mol. The smallest absolute Gasteiger partial charge is 0.188 e. The molecule has 0 aromatic heterocycles. The van der Waals surface area contributed by atoms with Gasteiger partial charge in [-0.1, -0.05) is 72.8 Å². The summed E-state index contributed by atoms with van der Waals surface area (Å²) < 4.78 is 5.81. The van der Waals surface area contributed by atoms with Crippen molar-refractivity contribution in [3.05, 3.63) is 102 Å². The lowest BCUT2D eigenvalue weighted by molar-refractivity contribution is -0.0904. The van der Waals surface area contributed by atoms with Gasteiger partial charge in [0.2, 0.25) is 0 Å². The molecule has 0 heterocycles. The van der Waals surface area contributed by atoms with Gasteiger partial charge >= 0.3 is 0 Å². The standard InChI is InChI=1S/C26H29NO3/c1-26(28,29)25(22-12-8-5-9-13-22)24(20-10-6-4-7-11-20)21-14-16-23(17-15-21)30-19-18-27(2)3/h4-17,28-29H,18-19H2,1-3H3/b25-24-. The quantitative estimate of drug-likeness (QED) is 0.435. The van der Waals surface area contributed by atoms with Crippen LogP contribution < -0.4 is 4.74 Å². The third-order valence-electron chi connectivity index (χ3n) is 4.80. The molecule has 0 fully saturated rings. The summed E-state index contributed by atoms with van der Waals surface area (Å²) in [6.07, 6.45) is 0.